The molecule has 2 amide bonds. The van der Waals surface area contributed by atoms with E-state index in [-0.39, 0.29) is 22.8 Å². The van der Waals surface area contributed by atoms with E-state index >= 15 is 0 Å². The van der Waals surface area contributed by atoms with Crippen LogP contribution in [-0.4, -0.2) is 29.4 Å². The first-order chi connectivity index (χ1) is 11.1. The molecule has 4 nitrogen and oxygen atoms in total. The highest BCUT2D eigenvalue weighted by Crippen LogP contribution is 2.13. The van der Waals surface area contributed by atoms with E-state index in [0.29, 0.717) is 6.54 Å². The monoisotopic (exact) mass is 348 g/mol. The van der Waals surface area contributed by atoms with Gasteiger partial charge >= 0.3 is 0 Å². The number of benzene rings is 1. The maximum Gasteiger partial charge on any atom is 0.234 e. The molecule has 0 saturated carbocycles. The first-order valence-corrected chi connectivity index (χ1v) is 9.34. The number of amides is 2. The fourth-order valence-corrected chi connectivity index (χ4v) is 3.32. The molecule has 2 rings (SSSR count). The molecule has 1 heterocycles. The van der Waals surface area contributed by atoms with Gasteiger partial charge in [-0.15, -0.1) is 23.1 Å². The van der Waals surface area contributed by atoms with Crippen LogP contribution in [0.25, 0.3) is 0 Å². The molecule has 0 spiro atoms. The van der Waals surface area contributed by atoms with E-state index in [1.54, 1.807) is 11.3 Å². The van der Waals surface area contributed by atoms with Crippen LogP contribution in [0.4, 0.5) is 5.69 Å². The number of anilines is 1. The molecule has 0 aliphatic rings. The summed E-state index contributed by atoms with van der Waals surface area (Å²) >= 11 is 3.03. The molecule has 23 heavy (non-hydrogen) atoms. The predicted molar refractivity (Wildman–Crippen MR) is 98.0 cm³/mol. The fourth-order valence-electron chi connectivity index (χ4n) is 1.90. The van der Waals surface area contributed by atoms with Gasteiger partial charge in [0.05, 0.1) is 11.0 Å². The largest absolute Gasteiger partial charge is 0.355 e. The van der Waals surface area contributed by atoms with Crippen LogP contribution in [0, 0.1) is 0 Å². The van der Waals surface area contributed by atoms with Crippen molar-refractivity contribution in [1.82, 2.24) is 5.32 Å². The number of thioether (sulfide) groups is 1. The second-order valence-electron chi connectivity index (χ2n) is 4.99. The van der Waals surface area contributed by atoms with Gasteiger partial charge in [0.15, 0.2) is 0 Å². The van der Waals surface area contributed by atoms with E-state index < -0.39 is 0 Å². The number of carbonyl (C=O) groups excluding carboxylic acids is 2. The van der Waals surface area contributed by atoms with Crippen LogP contribution in [0.5, 0.6) is 0 Å². The van der Waals surface area contributed by atoms with Crippen molar-refractivity contribution < 1.29 is 9.59 Å². The van der Waals surface area contributed by atoms with E-state index in [9.17, 15) is 9.59 Å². The van der Waals surface area contributed by atoms with E-state index in [0.717, 1.165) is 12.1 Å². The Morgan fingerprint density at radius 1 is 1.17 bits per heavy atom. The number of nitrogens with one attached hydrogen (secondary N) is 2. The standard InChI is InChI=1S/C17H20N2O2S2/c1-13(17(21)18-10-9-15-8-5-11-22-15)23-12-16(20)19-14-6-3-2-4-7-14/h2-8,11,13H,9-10,12H2,1H3,(H,18,21)(H,19,20)/t13-/m1/s1. The van der Waals surface area contributed by atoms with Crippen LogP contribution in [-0.2, 0) is 16.0 Å². The first kappa shape index (κ1) is 17.6. The molecule has 0 aliphatic carbocycles. The van der Waals surface area contributed by atoms with Crippen molar-refractivity contribution in [3.05, 3.63) is 52.7 Å². The lowest BCUT2D eigenvalue weighted by Crippen LogP contribution is -2.33. The molecule has 1 atom stereocenters. The maximum absolute atomic E-state index is 12.0. The third-order valence-corrected chi connectivity index (χ3v) is 5.22. The smallest absolute Gasteiger partial charge is 0.234 e. The Bertz CT molecular complexity index is 615. The van der Waals surface area contributed by atoms with Gasteiger partial charge in [-0.1, -0.05) is 24.3 Å². The average Bonchev–Trinajstić information content (AvgIpc) is 3.07. The highest BCUT2D eigenvalue weighted by molar-refractivity contribution is 8.01. The summed E-state index contributed by atoms with van der Waals surface area (Å²) < 4.78 is 0. The lowest BCUT2D eigenvalue weighted by Gasteiger charge is -2.12. The SMILES string of the molecule is C[C@@H](SCC(=O)Nc1ccccc1)C(=O)NCCc1cccs1. The summed E-state index contributed by atoms with van der Waals surface area (Å²) in [4.78, 5) is 25.1. The van der Waals surface area contributed by atoms with Crippen LogP contribution >= 0.6 is 23.1 Å². The maximum atomic E-state index is 12.0. The van der Waals surface area contributed by atoms with Crippen LogP contribution in [0.2, 0.25) is 0 Å². The summed E-state index contributed by atoms with van der Waals surface area (Å²) in [6, 6.07) is 13.4. The number of hydrogen-bond donors (Lipinski definition) is 2. The van der Waals surface area contributed by atoms with Gasteiger partial charge in [0.1, 0.15) is 0 Å². The van der Waals surface area contributed by atoms with Crippen molar-refractivity contribution in [2.75, 3.05) is 17.6 Å². The highest BCUT2D eigenvalue weighted by Gasteiger charge is 2.14. The molecule has 0 radical (unpaired) electrons. The predicted octanol–water partition coefficient (Wildman–Crippen LogP) is 3.17. The summed E-state index contributed by atoms with van der Waals surface area (Å²) in [5.74, 6) is 0.132. The quantitative estimate of drug-likeness (QED) is 0.770. The van der Waals surface area contributed by atoms with Crippen molar-refractivity contribution in [2.24, 2.45) is 0 Å². The van der Waals surface area contributed by atoms with Gasteiger partial charge in [-0.3, -0.25) is 9.59 Å². The van der Waals surface area contributed by atoms with Crippen LogP contribution in [0.3, 0.4) is 0 Å². The van der Waals surface area contributed by atoms with Gasteiger partial charge < -0.3 is 10.6 Å². The molecule has 0 saturated heterocycles. The number of thiophene rings is 1. The molecule has 0 aliphatic heterocycles. The van der Waals surface area contributed by atoms with E-state index in [1.807, 2.05) is 48.7 Å². The van der Waals surface area contributed by atoms with Crippen LogP contribution in [0.1, 0.15) is 11.8 Å². The third kappa shape index (κ3) is 6.46. The Labute approximate surface area is 144 Å². The van der Waals surface area contributed by atoms with Gasteiger partial charge in [-0.25, -0.2) is 0 Å². The van der Waals surface area contributed by atoms with Gasteiger partial charge in [0, 0.05) is 17.1 Å². The summed E-state index contributed by atoms with van der Waals surface area (Å²) in [6.07, 6.45) is 0.843. The lowest BCUT2D eigenvalue weighted by molar-refractivity contribution is -0.120. The minimum absolute atomic E-state index is 0.0286. The second kappa shape index (κ2) is 9.37. The van der Waals surface area contributed by atoms with Crippen molar-refractivity contribution >= 4 is 40.6 Å². The zero-order valence-corrected chi connectivity index (χ0v) is 14.6. The summed E-state index contributed by atoms with van der Waals surface area (Å²) in [7, 11) is 0. The average molecular weight is 348 g/mol. The number of carbonyl (C=O) groups is 2. The summed E-state index contributed by atoms with van der Waals surface area (Å²) in [6.45, 7) is 2.45. The Balaban J connectivity index is 1.64. The second-order valence-corrected chi connectivity index (χ2v) is 7.35. The summed E-state index contributed by atoms with van der Waals surface area (Å²) in [5, 5.41) is 7.50. The zero-order chi connectivity index (χ0) is 16.5. The number of rotatable bonds is 8. The number of para-hydroxylation sites is 1. The molecule has 0 fully saturated rings. The highest BCUT2D eigenvalue weighted by atomic mass is 32.2. The molecule has 1 aromatic heterocycles. The Kier molecular flexibility index (Phi) is 7.16. The van der Waals surface area contributed by atoms with Gasteiger partial charge in [0.2, 0.25) is 11.8 Å². The van der Waals surface area contributed by atoms with Gasteiger partial charge in [0.25, 0.3) is 0 Å². The molecule has 0 bridgehead atoms. The van der Waals surface area contributed by atoms with Crippen LogP contribution < -0.4 is 10.6 Å². The van der Waals surface area contributed by atoms with E-state index in [2.05, 4.69) is 16.7 Å². The third-order valence-electron chi connectivity index (χ3n) is 3.14. The minimum atomic E-state index is -0.250. The van der Waals surface area contributed by atoms with Crippen molar-refractivity contribution in [2.45, 2.75) is 18.6 Å². The normalized spacial score (nSPS) is 11.7. The van der Waals surface area contributed by atoms with Crippen LogP contribution in [0.15, 0.2) is 47.8 Å². The molecule has 1 aromatic carbocycles. The first-order valence-electron chi connectivity index (χ1n) is 7.42. The molecular weight excluding hydrogens is 328 g/mol. The van der Waals surface area contributed by atoms with E-state index in [4.69, 9.17) is 0 Å². The zero-order valence-electron chi connectivity index (χ0n) is 13.0. The molecule has 0 unspecified atom stereocenters. The van der Waals surface area contributed by atoms with E-state index in [1.165, 1.54) is 16.6 Å². The molecule has 6 heteroatoms. The molecule has 122 valence electrons. The minimum Gasteiger partial charge on any atom is -0.355 e. The fraction of sp³-hybridized carbons (Fsp3) is 0.294. The summed E-state index contributed by atoms with van der Waals surface area (Å²) in [5.41, 5.74) is 0.770. The van der Waals surface area contributed by atoms with Crippen molar-refractivity contribution in [3.63, 3.8) is 0 Å². The van der Waals surface area contributed by atoms with Gasteiger partial charge in [-0.2, -0.15) is 0 Å². The molecular formula is C17H20N2O2S2. The van der Waals surface area contributed by atoms with Crippen molar-refractivity contribution in [1.29, 1.82) is 0 Å². The molecule has 2 N–H and O–H groups in total. The number of hydrogen-bond acceptors (Lipinski definition) is 4. The van der Waals surface area contributed by atoms with Gasteiger partial charge in [-0.05, 0) is 36.9 Å². The molecule has 2 aromatic rings. The Morgan fingerprint density at radius 3 is 2.65 bits per heavy atom. The topological polar surface area (TPSA) is 58.2 Å². The Hall–Kier alpha value is -1.79. The lowest BCUT2D eigenvalue weighted by atomic mass is 10.3. The van der Waals surface area contributed by atoms with Crippen molar-refractivity contribution in [3.8, 4) is 0 Å². The Morgan fingerprint density at radius 2 is 1.96 bits per heavy atom.